The molecule has 0 unspecified atom stereocenters. The molecule has 208 valence electrons. The molecule has 0 aliphatic heterocycles. The molecule has 0 aliphatic rings. The van der Waals surface area contributed by atoms with Crippen molar-refractivity contribution in [2.24, 2.45) is 22.2 Å². The molecule has 0 radical (unpaired) electrons. The van der Waals surface area contributed by atoms with Crippen LogP contribution in [0.2, 0.25) is 0 Å². The van der Waals surface area contributed by atoms with Gasteiger partial charge < -0.3 is 53.0 Å². The van der Waals surface area contributed by atoms with Crippen LogP contribution < -0.4 is 22.2 Å². The number of H-pyrrole nitrogens is 2. The molecule has 10 N–H and O–H groups in total. The van der Waals surface area contributed by atoms with Crippen molar-refractivity contribution >= 4 is 39.1 Å². The van der Waals surface area contributed by atoms with Crippen LogP contribution in [0.3, 0.4) is 0 Å². The van der Waals surface area contributed by atoms with Gasteiger partial charge in [-0.2, -0.15) is 5.26 Å². The van der Waals surface area contributed by atoms with Crippen LogP contribution in [0.15, 0.2) is 77.8 Å². The summed E-state index contributed by atoms with van der Waals surface area (Å²) < 4.78 is 0. The zero-order valence-corrected chi connectivity index (χ0v) is 22.2. The van der Waals surface area contributed by atoms with E-state index in [-0.39, 0.29) is 22.0 Å². The molecule has 3 aromatic carbocycles. The van der Waals surface area contributed by atoms with Crippen molar-refractivity contribution in [2.45, 2.75) is 19.6 Å². The van der Waals surface area contributed by atoms with Crippen molar-refractivity contribution in [3.63, 3.8) is 0 Å². The number of benzene rings is 3. The van der Waals surface area contributed by atoms with Gasteiger partial charge in [0.15, 0.2) is 0 Å². The Morgan fingerprint density at radius 1 is 0.750 bits per heavy atom. The number of fused-ring (bicyclic) bond motifs is 3. The molecule has 0 spiro atoms. The maximum atomic E-state index is 7.43. The predicted molar refractivity (Wildman–Crippen MR) is 151 cm³/mol. The molecule has 0 bridgehead atoms. The number of aromatic amines is 2. The second kappa shape index (κ2) is 17.7. The van der Waals surface area contributed by atoms with Crippen LogP contribution in [0.25, 0.3) is 38.5 Å². The number of imidazole rings is 3. The quantitative estimate of drug-likeness (QED) is 0.117. The Balaban J connectivity index is 0.000000271. The minimum atomic E-state index is 0. The Labute approximate surface area is 239 Å². The van der Waals surface area contributed by atoms with E-state index in [1.807, 2.05) is 72.8 Å². The van der Waals surface area contributed by atoms with Crippen LogP contribution in [0, 0.1) is 11.5 Å². The van der Waals surface area contributed by atoms with Gasteiger partial charge in [-0.1, -0.05) is 54.4 Å². The fourth-order valence-electron chi connectivity index (χ4n) is 3.27. The summed E-state index contributed by atoms with van der Waals surface area (Å²) in [5.41, 5.74) is 22.1. The summed E-state index contributed by atoms with van der Waals surface area (Å²) >= 11 is 0. The maximum absolute atomic E-state index is 7.43. The van der Waals surface area contributed by atoms with Crippen LogP contribution >= 0.6 is 0 Å². The first kappa shape index (κ1) is 33.3. The van der Waals surface area contributed by atoms with Crippen LogP contribution in [-0.4, -0.2) is 36.4 Å². The Hall–Kier alpha value is -4.73. The zero-order chi connectivity index (χ0) is 27.2. The SMILES string of the molecule is N#CN=C=[N-].NCc1nc2ccccc2[n-]1.NCc1nc2ccccc2[nH]1.NCc1nc2ccccc2[nH]1.O.[Ni+2]. The topological polar surface area (TPSA) is 252 Å². The molecule has 40 heavy (non-hydrogen) atoms. The fraction of sp³-hybridized carbons (Fsp3) is 0.115. The second-order valence-corrected chi connectivity index (χ2v) is 7.45. The van der Waals surface area contributed by atoms with Crippen molar-refractivity contribution in [1.82, 2.24) is 29.9 Å². The zero-order valence-electron chi connectivity index (χ0n) is 21.2. The number of nitrogens with two attached hydrogens (primary N) is 3. The van der Waals surface area contributed by atoms with E-state index in [1.54, 1.807) is 0 Å². The average molecular weight is 583 g/mol. The van der Waals surface area contributed by atoms with E-state index in [2.05, 4.69) is 34.9 Å². The van der Waals surface area contributed by atoms with E-state index in [4.69, 9.17) is 27.9 Å². The second-order valence-electron chi connectivity index (χ2n) is 7.45. The van der Waals surface area contributed by atoms with E-state index in [9.17, 15) is 0 Å². The van der Waals surface area contributed by atoms with E-state index < -0.39 is 0 Å². The number of aliphatic imine (C=N–C) groups is 1. The fourth-order valence-corrected chi connectivity index (χ4v) is 3.27. The molecule has 0 fully saturated rings. The number of para-hydroxylation sites is 6. The molecule has 0 atom stereocenters. The van der Waals surface area contributed by atoms with E-state index >= 15 is 0 Å². The minimum absolute atomic E-state index is 0. The number of rotatable bonds is 3. The van der Waals surface area contributed by atoms with Crippen LogP contribution in [-0.2, 0) is 36.1 Å². The number of nitriles is 1. The average Bonchev–Trinajstić information content (AvgIpc) is 3.70. The molecular formula is C26H28N12NiO. The van der Waals surface area contributed by atoms with Crippen LogP contribution in [0.5, 0.6) is 0 Å². The van der Waals surface area contributed by atoms with Crippen molar-refractivity contribution < 1.29 is 22.0 Å². The van der Waals surface area contributed by atoms with Crippen LogP contribution in [0.4, 0.5) is 0 Å². The Morgan fingerprint density at radius 3 is 1.60 bits per heavy atom. The van der Waals surface area contributed by atoms with Gasteiger partial charge in [0.1, 0.15) is 11.6 Å². The van der Waals surface area contributed by atoms with Gasteiger partial charge in [0.2, 0.25) is 0 Å². The van der Waals surface area contributed by atoms with Gasteiger partial charge in [0, 0.05) is 6.54 Å². The number of hydrogen-bond donors (Lipinski definition) is 5. The van der Waals surface area contributed by atoms with Gasteiger partial charge in [-0.05, 0) is 35.3 Å². The summed E-state index contributed by atoms with van der Waals surface area (Å²) in [6, 6.07) is 24.8. The number of nitrogens with one attached hydrogen (secondary N) is 2. The molecule has 0 amide bonds. The van der Waals surface area contributed by atoms with Crippen molar-refractivity contribution in [2.75, 3.05) is 0 Å². The molecule has 3 heterocycles. The van der Waals surface area contributed by atoms with Gasteiger partial charge in [-0.3, -0.25) is 0 Å². The molecule has 14 heteroatoms. The minimum Gasteiger partial charge on any atom is -0.438 e. The third-order valence-electron chi connectivity index (χ3n) is 4.93. The number of aromatic nitrogens is 6. The van der Waals surface area contributed by atoms with Crippen LogP contribution in [0.1, 0.15) is 17.5 Å². The maximum Gasteiger partial charge on any atom is 2.00 e. The Morgan fingerprint density at radius 2 is 1.23 bits per heavy atom. The summed E-state index contributed by atoms with van der Waals surface area (Å²) in [6.07, 6.45) is 1.28. The van der Waals surface area contributed by atoms with Gasteiger partial charge in [-0.25, -0.2) is 9.97 Å². The molecule has 6 rings (SSSR count). The molecule has 0 saturated heterocycles. The summed E-state index contributed by atoms with van der Waals surface area (Å²) in [5, 5.41) is 14.9. The van der Waals surface area contributed by atoms with Gasteiger partial charge in [0.25, 0.3) is 0 Å². The Kier molecular flexibility index (Phi) is 14.8. The van der Waals surface area contributed by atoms with Crippen molar-refractivity contribution in [3.8, 4) is 6.19 Å². The standard InChI is InChI=1S/2C8H9N3.C8H8N3.C2N3.Ni.H2O/c3*9-5-8-10-6-3-1-2-4-7(6)11-8;3-1-5-2-4;;/h2*1-4H,5,9H2,(H,10,11);1-4H,5,9H2;;;1H2/q;;2*-1;+2;. The summed E-state index contributed by atoms with van der Waals surface area (Å²) in [7, 11) is 0. The third-order valence-corrected chi connectivity index (χ3v) is 4.93. The smallest absolute Gasteiger partial charge is 0.438 e. The summed E-state index contributed by atoms with van der Waals surface area (Å²) in [6.45, 7) is 1.35. The van der Waals surface area contributed by atoms with Crippen molar-refractivity contribution in [1.29, 1.82) is 5.26 Å². The predicted octanol–water partition coefficient (Wildman–Crippen LogP) is 2.08. The monoisotopic (exact) mass is 582 g/mol. The van der Waals surface area contributed by atoms with Gasteiger partial charge in [-0.15, -0.1) is 6.01 Å². The molecule has 3 aromatic heterocycles. The molecule has 0 aliphatic carbocycles. The number of hydrogen-bond acceptors (Lipinski definition) is 8. The van der Waals surface area contributed by atoms with E-state index in [1.165, 1.54) is 12.2 Å². The summed E-state index contributed by atoms with van der Waals surface area (Å²) in [4.78, 5) is 25.7. The number of nitrogens with zero attached hydrogens (tertiary/aromatic N) is 7. The van der Waals surface area contributed by atoms with Crippen molar-refractivity contribution in [3.05, 3.63) is 95.7 Å². The van der Waals surface area contributed by atoms with Gasteiger partial charge >= 0.3 is 16.5 Å². The molecule has 6 aromatic rings. The molecule has 13 nitrogen and oxygen atoms in total. The largest absolute Gasteiger partial charge is 2.00 e. The first-order valence-corrected chi connectivity index (χ1v) is 11.5. The van der Waals surface area contributed by atoms with E-state index in [0.29, 0.717) is 25.5 Å². The Bertz CT molecular complexity index is 1400. The first-order chi connectivity index (χ1) is 18.6. The molecule has 0 saturated carbocycles. The third kappa shape index (κ3) is 9.54. The first-order valence-electron chi connectivity index (χ1n) is 11.5. The normalized spacial score (nSPS) is 9.25. The molecular weight excluding hydrogens is 555 g/mol. The van der Waals surface area contributed by atoms with Gasteiger partial charge in [0.05, 0.1) is 41.3 Å². The van der Waals surface area contributed by atoms with E-state index in [0.717, 1.165) is 44.7 Å². The summed E-state index contributed by atoms with van der Waals surface area (Å²) in [5.74, 6) is 2.39.